The first-order valence-electron chi connectivity index (χ1n) is 7.81. The van der Waals surface area contributed by atoms with Crippen molar-refractivity contribution >= 4 is 5.91 Å². The van der Waals surface area contributed by atoms with E-state index in [1.165, 1.54) is 5.56 Å². The lowest BCUT2D eigenvalue weighted by atomic mass is 10.1. The highest BCUT2D eigenvalue weighted by Gasteiger charge is 2.14. The minimum atomic E-state index is -0.312. The Kier molecular flexibility index (Phi) is 6.18. The van der Waals surface area contributed by atoms with E-state index < -0.39 is 0 Å². The van der Waals surface area contributed by atoms with E-state index in [1.807, 2.05) is 61.3 Å². The molecule has 0 aliphatic rings. The molecule has 1 amide bonds. The number of benzene rings is 2. The molecule has 0 saturated carbocycles. The fourth-order valence-corrected chi connectivity index (χ4v) is 2.26. The fourth-order valence-electron chi connectivity index (χ4n) is 2.26. The van der Waals surface area contributed by atoms with Crippen molar-refractivity contribution in [2.24, 2.45) is 5.73 Å². The molecule has 0 saturated heterocycles. The number of ether oxygens (including phenoxy) is 1. The van der Waals surface area contributed by atoms with Crippen LogP contribution in [0.1, 0.15) is 18.1 Å². The molecular weight excluding hydrogens is 288 g/mol. The van der Waals surface area contributed by atoms with Gasteiger partial charge in [0, 0.05) is 13.0 Å². The van der Waals surface area contributed by atoms with Gasteiger partial charge in [0.1, 0.15) is 5.75 Å². The van der Waals surface area contributed by atoms with E-state index in [0.717, 1.165) is 17.7 Å². The third-order valence-corrected chi connectivity index (χ3v) is 3.93. The molecule has 0 spiro atoms. The summed E-state index contributed by atoms with van der Waals surface area (Å²) in [6.07, 6.45) is 0.890. The molecule has 1 atom stereocenters. The molecule has 4 heteroatoms. The number of carbonyl (C=O) groups excluding carboxylic acids is 1. The Morgan fingerprint density at radius 1 is 1.09 bits per heavy atom. The summed E-state index contributed by atoms with van der Waals surface area (Å²) in [6.45, 7) is 3.14. The summed E-state index contributed by atoms with van der Waals surface area (Å²) in [5.41, 5.74) is 7.71. The molecule has 2 aromatic rings. The van der Waals surface area contributed by atoms with E-state index in [-0.39, 0.29) is 11.9 Å². The smallest absolute Gasteiger partial charge is 0.234 e. The van der Waals surface area contributed by atoms with Crippen molar-refractivity contribution in [3.8, 4) is 5.75 Å². The first-order valence-corrected chi connectivity index (χ1v) is 7.81. The predicted octanol–water partition coefficient (Wildman–Crippen LogP) is 2.61. The number of carbonyl (C=O) groups is 1. The van der Waals surface area contributed by atoms with Crippen molar-refractivity contribution < 1.29 is 9.53 Å². The van der Waals surface area contributed by atoms with Crippen LogP contribution < -0.4 is 10.5 Å². The number of hydrogen-bond donors (Lipinski definition) is 1. The molecule has 4 nitrogen and oxygen atoms in total. The summed E-state index contributed by atoms with van der Waals surface area (Å²) in [5.74, 6) is 0.545. The number of nitrogens with zero attached hydrogens (tertiary/aromatic N) is 1. The monoisotopic (exact) mass is 312 g/mol. The van der Waals surface area contributed by atoms with Gasteiger partial charge in [0.25, 0.3) is 0 Å². The van der Waals surface area contributed by atoms with Gasteiger partial charge in [0.05, 0.1) is 12.6 Å². The van der Waals surface area contributed by atoms with Crippen LogP contribution in [0.15, 0.2) is 54.6 Å². The molecule has 0 fully saturated rings. The first-order chi connectivity index (χ1) is 11.1. The predicted molar refractivity (Wildman–Crippen MR) is 92.2 cm³/mol. The third-order valence-electron chi connectivity index (χ3n) is 3.93. The van der Waals surface area contributed by atoms with Crippen LogP contribution in [-0.2, 0) is 17.8 Å². The SMILES string of the molecule is CC(C(N)=O)N(C)Cc1ccc(OCCc2ccccc2)cc1. The van der Waals surface area contributed by atoms with Crippen LogP contribution in [0.2, 0.25) is 0 Å². The molecule has 2 N–H and O–H groups in total. The van der Waals surface area contributed by atoms with Crippen LogP contribution in [0.4, 0.5) is 0 Å². The van der Waals surface area contributed by atoms with Gasteiger partial charge in [-0.05, 0) is 37.2 Å². The van der Waals surface area contributed by atoms with Crippen molar-refractivity contribution in [1.29, 1.82) is 0 Å². The van der Waals surface area contributed by atoms with E-state index in [1.54, 1.807) is 0 Å². The van der Waals surface area contributed by atoms with Crippen molar-refractivity contribution in [3.05, 3.63) is 65.7 Å². The number of likely N-dealkylation sites (N-methyl/N-ethyl adjacent to an activating group) is 1. The van der Waals surface area contributed by atoms with Gasteiger partial charge >= 0.3 is 0 Å². The molecule has 2 aromatic carbocycles. The van der Waals surface area contributed by atoms with Gasteiger partial charge in [-0.1, -0.05) is 42.5 Å². The van der Waals surface area contributed by atoms with Gasteiger partial charge in [-0.15, -0.1) is 0 Å². The number of primary amides is 1. The number of rotatable bonds is 8. The van der Waals surface area contributed by atoms with Gasteiger partial charge in [0.2, 0.25) is 5.91 Å². The van der Waals surface area contributed by atoms with Crippen molar-refractivity contribution in [1.82, 2.24) is 4.90 Å². The lowest BCUT2D eigenvalue weighted by molar-refractivity contribution is -0.122. The Bertz CT molecular complexity index is 611. The summed E-state index contributed by atoms with van der Waals surface area (Å²) in [6, 6.07) is 18.0. The second-order valence-electron chi connectivity index (χ2n) is 5.72. The Balaban J connectivity index is 1.81. The second kappa shape index (κ2) is 8.34. The maximum atomic E-state index is 11.2. The van der Waals surface area contributed by atoms with Crippen molar-refractivity contribution in [2.75, 3.05) is 13.7 Å². The average Bonchev–Trinajstić information content (AvgIpc) is 2.56. The van der Waals surface area contributed by atoms with Crippen LogP contribution >= 0.6 is 0 Å². The normalized spacial score (nSPS) is 12.1. The molecule has 0 aliphatic heterocycles. The average molecular weight is 312 g/mol. The van der Waals surface area contributed by atoms with Crippen LogP contribution in [0, 0.1) is 0 Å². The zero-order valence-corrected chi connectivity index (χ0v) is 13.7. The van der Waals surface area contributed by atoms with Crippen molar-refractivity contribution in [3.63, 3.8) is 0 Å². The number of nitrogens with two attached hydrogens (primary N) is 1. The summed E-state index contributed by atoms with van der Waals surface area (Å²) >= 11 is 0. The van der Waals surface area contributed by atoms with Crippen LogP contribution in [0.3, 0.4) is 0 Å². The van der Waals surface area contributed by atoms with Gasteiger partial charge in [-0.25, -0.2) is 0 Å². The minimum absolute atomic E-state index is 0.281. The Hall–Kier alpha value is -2.33. The van der Waals surface area contributed by atoms with Gasteiger partial charge in [0.15, 0.2) is 0 Å². The lowest BCUT2D eigenvalue weighted by Gasteiger charge is -2.21. The highest BCUT2D eigenvalue weighted by atomic mass is 16.5. The van der Waals surface area contributed by atoms with Crippen LogP contribution in [0.5, 0.6) is 5.75 Å². The molecule has 23 heavy (non-hydrogen) atoms. The highest BCUT2D eigenvalue weighted by molar-refractivity contribution is 5.79. The van der Waals surface area contributed by atoms with E-state index in [0.29, 0.717) is 13.2 Å². The fraction of sp³-hybridized carbons (Fsp3) is 0.316. The number of hydrogen-bond acceptors (Lipinski definition) is 3. The maximum absolute atomic E-state index is 11.2. The molecule has 0 aliphatic carbocycles. The molecule has 0 heterocycles. The van der Waals surface area contributed by atoms with E-state index in [4.69, 9.17) is 10.5 Å². The van der Waals surface area contributed by atoms with E-state index >= 15 is 0 Å². The van der Waals surface area contributed by atoms with E-state index in [9.17, 15) is 4.79 Å². The first kappa shape index (κ1) is 17.0. The van der Waals surface area contributed by atoms with Gasteiger partial charge in [-0.2, -0.15) is 0 Å². The van der Waals surface area contributed by atoms with Gasteiger partial charge < -0.3 is 10.5 Å². The largest absolute Gasteiger partial charge is 0.493 e. The lowest BCUT2D eigenvalue weighted by Crippen LogP contribution is -2.39. The molecule has 0 aromatic heterocycles. The minimum Gasteiger partial charge on any atom is -0.493 e. The molecular formula is C19H24N2O2. The van der Waals surface area contributed by atoms with Crippen LogP contribution in [0.25, 0.3) is 0 Å². The van der Waals surface area contributed by atoms with E-state index in [2.05, 4.69) is 12.1 Å². The Labute approximate surface area is 137 Å². The topological polar surface area (TPSA) is 55.6 Å². The summed E-state index contributed by atoms with van der Waals surface area (Å²) in [5, 5.41) is 0. The molecule has 122 valence electrons. The molecule has 2 rings (SSSR count). The zero-order chi connectivity index (χ0) is 16.7. The summed E-state index contributed by atoms with van der Waals surface area (Å²) in [4.78, 5) is 13.1. The number of amides is 1. The Morgan fingerprint density at radius 3 is 2.35 bits per heavy atom. The quantitative estimate of drug-likeness (QED) is 0.815. The maximum Gasteiger partial charge on any atom is 0.234 e. The molecule has 0 radical (unpaired) electrons. The van der Waals surface area contributed by atoms with Crippen LogP contribution in [-0.4, -0.2) is 30.5 Å². The molecule has 0 bridgehead atoms. The summed E-state index contributed by atoms with van der Waals surface area (Å²) < 4.78 is 5.77. The second-order valence-corrected chi connectivity index (χ2v) is 5.72. The Morgan fingerprint density at radius 2 is 1.74 bits per heavy atom. The highest BCUT2D eigenvalue weighted by Crippen LogP contribution is 2.14. The van der Waals surface area contributed by atoms with Crippen molar-refractivity contribution in [2.45, 2.75) is 25.9 Å². The zero-order valence-electron chi connectivity index (χ0n) is 13.7. The third kappa shape index (κ3) is 5.42. The van der Waals surface area contributed by atoms with Gasteiger partial charge in [-0.3, -0.25) is 9.69 Å². The summed E-state index contributed by atoms with van der Waals surface area (Å²) in [7, 11) is 1.89. The standard InChI is InChI=1S/C19H24N2O2/c1-15(19(20)22)21(2)14-17-8-10-18(11-9-17)23-13-12-16-6-4-3-5-7-16/h3-11,15H,12-14H2,1-2H3,(H2,20,22). The molecule has 1 unspecified atom stereocenters.